The summed E-state index contributed by atoms with van der Waals surface area (Å²) in [5, 5.41) is 3.13. The average molecular weight is 289 g/mol. The predicted octanol–water partition coefficient (Wildman–Crippen LogP) is 3.36. The van der Waals surface area contributed by atoms with Gasteiger partial charge in [-0.25, -0.2) is 4.98 Å². The summed E-state index contributed by atoms with van der Waals surface area (Å²) >= 11 is 3.38. The van der Waals surface area contributed by atoms with Crippen molar-refractivity contribution in [3.63, 3.8) is 0 Å². The normalized spacial score (nSPS) is 11.3. The minimum Gasteiger partial charge on any atom is -0.330 e. The molecule has 0 bridgehead atoms. The molecule has 0 saturated heterocycles. The summed E-state index contributed by atoms with van der Waals surface area (Å²) in [6.45, 7) is 2.75. The van der Waals surface area contributed by atoms with Crippen LogP contribution in [0, 0.1) is 6.92 Å². The molecule has 0 spiro atoms. The Bertz CT molecular complexity index is 700. The highest BCUT2D eigenvalue weighted by Crippen LogP contribution is 2.32. The lowest BCUT2D eigenvalue weighted by Gasteiger charge is -2.03. The van der Waals surface area contributed by atoms with Crippen LogP contribution in [0.1, 0.15) is 11.3 Å². The molecular formula is C14H15N3S2. The highest BCUT2D eigenvalue weighted by Gasteiger charge is 2.13. The van der Waals surface area contributed by atoms with Crippen LogP contribution in [0.2, 0.25) is 0 Å². The van der Waals surface area contributed by atoms with E-state index in [9.17, 15) is 0 Å². The third-order valence-electron chi connectivity index (χ3n) is 2.91. The monoisotopic (exact) mass is 289 g/mol. The fourth-order valence-corrected chi connectivity index (χ4v) is 3.90. The van der Waals surface area contributed by atoms with Gasteiger partial charge in [0.1, 0.15) is 5.03 Å². The maximum atomic E-state index is 5.72. The van der Waals surface area contributed by atoms with Gasteiger partial charge < -0.3 is 5.73 Å². The largest absolute Gasteiger partial charge is 0.330 e. The van der Waals surface area contributed by atoms with Gasteiger partial charge in [-0.05, 0) is 25.6 Å². The second kappa shape index (κ2) is 5.36. The van der Waals surface area contributed by atoms with Crippen LogP contribution in [0.25, 0.3) is 4.96 Å². The van der Waals surface area contributed by atoms with Crippen molar-refractivity contribution in [2.75, 3.05) is 6.54 Å². The van der Waals surface area contributed by atoms with Gasteiger partial charge in [-0.1, -0.05) is 29.5 Å². The van der Waals surface area contributed by atoms with E-state index >= 15 is 0 Å². The highest BCUT2D eigenvalue weighted by molar-refractivity contribution is 7.99. The highest BCUT2D eigenvalue weighted by atomic mass is 32.2. The first kappa shape index (κ1) is 12.7. The molecule has 3 aromatic rings. The van der Waals surface area contributed by atoms with Crippen LogP contribution in [0.15, 0.2) is 45.8 Å². The standard InChI is InChI=1S/C14H15N3S2/c1-10-3-2-4-11(9-10)19-13-12(5-6-15)17-7-8-18-14(17)16-13/h2-4,7-9H,5-6,15H2,1H3. The van der Waals surface area contributed by atoms with E-state index in [-0.39, 0.29) is 0 Å². The first-order chi connectivity index (χ1) is 9.28. The Morgan fingerprint density at radius 3 is 3.11 bits per heavy atom. The molecule has 2 aromatic heterocycles. The van der Waals surface area contributed by atoms with Gasteiger partial charge in [0, 0.05) is 22.9 Å². The van der Waals surface area contributed by atoms with E-state index in [1.807, 2.05) is 0 Å². The molecule has 5 heteroatoms. The molecule has 0 aliphatic carbocycles. The van der Waals surface area contributed by atoms with Crippen molar-refractivity contribution in [2.45, 2.75) is 23.3 Å². The molecule has 0 fully saturated rings. The van der Waals surface area contributed by atoms with Crippen LogP contribution in [-0.2, 0) is 6.42 Å². The molecule has 2 N–H and O–H groups in total. The summed E-state index contributed by atoms with van der Waals surface area (Å²) in [7, 11) is 0. The Hall–Kier alpha value is -1.30. The Morgan fingerprint density at radius 1 is 1.42 bits per heavy atom. The summed E-state index contributed by atoms with van der Waals surface area (Å²) in [4.78, 5) is 6.97. The van der Waals surface area contributed by atoms with Crippen LogP contribution < -0.4 is 5.73 Å². The number of benzene rings is 1. The molecule has 98 valence electrons. The molecule has 0 atom stereocenters. The van der Waals surface area contributed by atoms with Crippen LogP contribution in [-0.4, -0.2) is 15.9 Å². The first-order valence-electron chi connectivity index (χ1n) is 6.17. The fraction of sp³-hybridized carbons (Fsp3) is 0.214. The maximum absolute atomic E-state index is 5.72. The van der Waals surface area contributed by atoms with Gasteiger partial charge >= 0.3 is 0 Å². The number of imidazole rings is 1. The molecular weight excluding hydrogens is 274 g/mol. The second-order valence-electron chi connectivity index (χ2n) is 4.38. The van der Waals surface area contributed by atoms with Crippen LogP contribution in [0.4, 0.5) is 0 Å². The lowest BCUT2D eigenvalue weighted by molar-refractivity contribution is 0.879. The number of nitrogens with zero attached hydrogens (tertiary/aromatic N) is 2. The summed E-state index contributed by atoms with van der Waals surface area (Å²) in [6, 6.07) is 8.50. The molecule has 0 amide bonds. The van der Waals surface area contributed by atoms with Crippen molar-refractivity contribution < 1.29 is 0 Å². The molecule has 3 nitrogen and oxygen atoms in total. The Morgan fingerprint density at radius 2 is 2.32 bits per heavy atom. The lowest BCUT2D eigenvalue weighted by Crippen LogP contribution is -2.05. The van der Waals surface area contributed by atoms with Crippen molar-refractivity contribution in [3.05, 3.63) is 47.1 Å². The molecule has 0 aliphatic heterocycles. The molecule has 0 aliphatic rings. The second-order valence-corrected chi connectivity index (χ2v) is 6.31. The van der Waals surface area contributed by atoms with Gasteiger partial charge in [-0.3, -0.25) is 4.40 Å². The van der Waals surface area contributed by atoms with Gasteiger partial charge in [0.15, 0.2) is 4.96 Å². The lowest BCUT2D eigenvalue weighted by atomic mass is 10.2. The molecule has 3 rings (SSSR count). The number of hydrogen-bond acceptors (Lipinski definition) is 4. The third-order valence-corrected chi connectivity index (χ3v) is 4.68. The van der Waals surface area contributed by atoms with Crippen LogP contribution in [0.3, 0.4) is 0 Å². The van der Waals surface area contributed by atoms with Crippen LogP contribution >= 0.6 is 23.1 Å². The van der Waals surface area contributed by atoms with Gasteiger partial charge in [-0.2, -0.15) is 0 Å². The number of nitrogens with two attached hydrogens (primary N) is 1. The minimum atomic E-state index is 0.644. The topological polar surface area (TPSA) is 43.3 Å². The first-order valence-corrected chi connectivity index (χ1v) is 7.86. The maximum Gasteiger partial charge on any atom is 0.194 e. The van der Waals surface area contributed by atoms with Gasteiger partial charge in [0.25, 0.3) is 0 Å². The number of aromatic nitrogens is 2. The quantitative estimate of drug-likeness (QED) is 0.801. The summed E-state index contributed by atoms with van der Waals surface area (Å²) < 4.78 is 2.15. The van der Waals surface area contributed by atoms with Crippen LogP contribution in [0.5, 0.6) is 0 Å². The van der Waals surface area contributed by atoms with Gasteiger partial charge in [0.2, 0.25) is 0 Å². The van der Waals surface area contributed by atoms with Gasteiger partial charge in [0.05, 0.1) is 5.69 Å². The van der Waals surface area contributed by atoms with E-state index in [2.05, 4.69) is 47.2 Å². The number of thiazole rings is 1. The average Bonchev–Trinajstić information content (AvgIpc) is 2.93. The Labute approximate surface area is 120 Å². The molecule has 19 heavy (non-hydrogen) atoms. The van der Waals surface area contributed by atoms with E-state index in [0.29, 0.717) is 6.54 Å². The van der Waals surface area contributed by atoms with E-state index in [0.717, 1.165) is 16.4 Å². The minimum absolute atomic E-state index is 0.644. The van der Waals surface area contributed by atoms with E-state index < -0.39 is 0 Å². The third kappa shape index (κ3) is 2.54. The molecule has 2 heterocycles. The summed E-state index contributed by atoms with van der Waals surface area (Å²) in [5.41, 5.74) is 8.20. The number of aryl methyl sites for hydroxylation is 1. The number of fused-ring (bicyclic) bond motifs is 1. The smallest absolute Gasteiger partial charge is 0.194 e. The zero-order valence-corrected chi connectivity index (χ0v) is 12.3. The van der Waals surface area contributed by atoms with E-state index in [1.54, 1.807) is 23.1 Å². The fourth-order valence-electron chi connectivity index (χ4n) is 2.05. The van der Waals surface area contributed by atoms with Crippen molar-refractivity contribution >= 4 is 28.1 Å². The van der Waals surface area contributed by atoms with E-state index in [4.69, 9.17) is 10.7 Å². The predicted molar refractivity (Wildman–Crippen MR) is 81.1 cm³/mol. The van der Waals surface area contributed by atoms with Crippen molar-refractivity contribution in [2.24, 2.45) is 5.73 Å². The van der Waals surface area contributed by atoms with Crippen molar-refractivity contribution in [1.82, 2.24) is 9.38 Å². The number of rotatable bonds is 4. The zero-order chi connectivity index (χ0) is 13.2. The van der Waals surface area contributed by atoms with Crippen molar-refractivity contribution in [3.8, 4) is 0 Å². The molecule has 1 aromatic carbocycles. The summed E-state index contributed by atoms with van der Waals surface area (Å²) in [6.07, 6.45) is 2.92. The molecule has 0 saturated carbocycles. The van der Waals surface area contributed by atoms with E-state index in [1.165, 1.54) is 16.2 Å². The van der Waals surface area contributed by atoms with Gasteiger partial charge in [-0.15, -0.1) is 11.3 Å². The Kier molecular flexibility index (Phi) is 3.59. The SMILES string of the molecule is Cc1cccc(Sc2nc3sccn3c2CCN)c1. The Balaban J connectivity index is 1.99. The molecule has 0 unspecified atom stereocenters. The molecule has 0 radical (unpaired) electrons. The summed E-state index contributed by atoms with van der Waals surface area (Å²) in [5.74, 6) is 0. The van der Waals surface area contributed by atoms with Crippen molar-refractivity contribution in [1.29, 1.82) is 0 Å². The number of hydrogen-bond donors (Lipinski definition) is 1. The zero-order valence-electron chi connectivity index (χ0n) is 10.7.